The van der Waals surface area contributed by atoms with Crippen LogP contribution in [0.4, 0.5) is 0 Å². The highest BCUT2D eigenvalue weighted by molar-refractivity contribution is 5.90. The molecule has 0 saturated carbocycles. The Kier molecular flexibility index (Phi) is 7.23. The first-order valence-corrected chi connectivity index (χ1v) is 11.3. The summed E-state index contributed by atoms with van der Waals surface area (Å²) in [6.07, 6.45) is 5.14. The number of carboxylic acid groups (broad SMARTS) is 2. The molecule has 2 fully saturated rings. The van der Waals surface area contributed by atoms with Crippen LogP contribution in [0.2, 0.25) is 0 Å². The van der Waals surface area contributed by atoms with Gasteiger partial charge in [-0.25, -0.2) is 9.59 Å². The summed E-state index contributed by atoms with van der Waals surface area (Å²) in [5.74, 6) is -1.04. The van der Waals surface area contributed by atoms with Crippen molar-refractivity contribution in [1.29, 1.82) is 0 Å². The Bertz CT molecular complexity index is 1140. The van der Waals surface area contributed by atoms with Crippen LogP contribution in [-0.4, -0.2) is 60.8 Å². The Morgan fingerprint density at radius 2 is 1.43 bits per heavy atom. The lowest BCUT2D eigenvalue weighted by Gasteiger charge is -2.29. The van der Waals surface area contributed by atoms with Crippen molar-refractivity contribution < 1.29 is 38.7 Å². The van der Waals surface area contributed by atoms with Crippen molar-refractivity contribution in [2.75, 3.05) is 26.4 Å². The van der Waals surface area contributed by atoms with E-state index in [-0.39, 0.29) is 12.2 Å². The lowest BCUT2D eigenvalue weighted by atomic mass is 9.75. The van der Waals surface area contributed by atoms with E-state index >= 15 is 0 Å². The summed E-state index contributed by atoms with van der Waals surface area (Å²) < 4.78 is 22.0. The van der Waals surface area contributed by atoms with E-state index in [2.05, 4.69) is 0 Å². The van der Waals surface area contributed by atoms with Gasteiger partial charge in [0.2, 0.25) is 0 Å². The molecule has 0 bridgehead atoms. The summed E-state index contributed by atoms with van der Waals surface area (Å²) in [5, 5.41) is 18.5. The third-order valence-electron chi connectivity index (χ3n) is 5.95. The minimum absolute atomic E-state index is 0.00708. The lowest BCUT2D eigenvalue weighted by molar-refractivity contribution is -0.132. The van der Waals surface area contributed by atoms with E-state index < -0.39 is 17.4 Å². The van der Waals surface area contributed by atoms with Crippen molar-refractivity contribution in [2.24, 2.45) is 0 Å². The number of epoxide rings is 2. The van der Waals surface area contributed by atoms with E-state index in [0.717, 1.165) is 35.6 Å². The molecule has 0 aromatic heterocycles. The highest BCUT2D eigenvalue weighted by Crippen LogP contribution is 2.40. The van der Waals surface area contributed by atoms with Gasteiger partial charge in [-0.05, 0) is 47.0 Å². The van der Waals surface area contributed by atoms with Crippen molar-refractivity contribution >= 4 is 24.1 Å². The normalized spacial score (nSPS) is 19.1. The van der Waals surface area contributed by atoms with Crippen LogP contribution in [0.1, 0.15) is 36.1 Å². The van der Waals surface area contributed by atoms with Crippen LogP contribution < -0.4 is 9.47 Å². The molecule has 2 saturated heterocycles. The molecule has 2 aromatic carbocycles. The van der Waals surface area contributed by atoms with Crippen molar-refractivity contribution in [2.45, 2.75) is 31.5 Å². The van der Waals surface area contributed by atoms with Gasteiger partial charge in [0.25, 0.3) is 0 Å². The molecule has 184 valence electrons. The smallest absolute Gasteiger partial charge is 0.328 e. The van der Waals surface area contributed by atoms with Gasteiger partial charge in [0.05, 0.1) is 13.2 Å². The molecule has 2 aliphatic rings. The third-order valence-corrected chi connectivity index (χ3v) is 5.95. The Labute approximate surface area is 203 Å². The predicted octanol–water partition coefficient (Wildman–Crippen LogP) is 3.76. The zero-order valence-corrected chi connectivity index (χ0v) is 19.6. The molecule has 0 aliphatic carbocycles. The maximum absolute atomic E-state index is 11.4. The van der Waals surface area contributed by atoms with E-state index in [0.29, 0.717) is 36.7 Å². The Hall–Kier alpha value is -3.62. The average molecular weight is 481 g/mol. The van der Waals surface area contributed by atoms with Crippen LogP contribution in [0, 0.1) is 0 Å². The fourth-order valence-electron chi connectivity index (χ4n) is 3.77. The second-order valence-electron chi connectivity index (χ2n) is 8.96. The summed E-state index contributed by atoms with van der Waals surface area (Å²) in [6, 6.07) is 11.4. The fourth-order valence-corrected chi connectivity index (χ4v) is 3.77. The highest BCUT2D eigenvalue weighted by atomic mass is 16.6. The van der Waals surface area contributed by atoms with Crippen molar-refractivity contribution in [3.8, 4) is 11.5 Å². The summed E-state index contributed by atoms with van der Waals surface area (Å²) in [4.78, 5) is 22.7. The number of hydrogen-bond acceptors (Lipinski definition) is 6. The second-order valence-corrected chi connectivity index (χ2v) is 8.96. The minimum Gasteiger partial charge on any atom is -0.491 e. The summed E-state index contributed by atoms with van der Waals surface area (Å²) in [5.41, 5.74) is 2.29. The van der Waals surface area contributed by atoms with Gasteiger partial charge in [0, 0.05) is 23.1 Å². The lowest BCUT2D eigenvalue weighted by Crippen LogP contribution is -2.21. The van der Waals surface area contributed by atoms with E-state index in [9.17, 15) is 19.8 Å². The third kappa shape index (κ3) is 6.49. The first-order chi connectivity index (χ1) is 16.7. The molecule has 8 nitrogen and oxygen atoms in total. The molecule has 0 radical (unpaired) electrons. The zero-order chi connectivity index (χ0) is 25.0. The molecule has 8 heteroatoms. The monoisotopic (exact) mass is 480 g/mol. The van der Waals surface area contributed by atoms with Crippen LogP contribution in [0.3, 0.4) is 0 Å². The molecule has 4 rings (SSSR count). The number of carboxylic acids is 2. The predicted molar refractivity (Wildman–Crippen MR) is 129 cm³/mol. The van der Waals surface area contributed by atoms with Crippen LogP contribution in [0.15, 0.2) is 48.6 Å². The maximum Gasteiger partial charge on any atom is 0.328 e. The highest BCUT2D eigenvalue weighted by Gasteiger charge is 2.29. The van der Waals surface area contributed by atoms with Gasteiger partial charge in [-0.2, -0.15) is 0 Å². The van der Waals surface area contributed by atoms with Gasteiger partial charge in [-0.15, -0.1) is 0 Å². The van der Waals surface area contributed by atoms with Crippen molar-refractivity contribution in [1.82, 2.24) is 0 Å². The van der Waals surface area contributed by atoms with Gasteiger partial charge in [-0.1, -0.05) is 32.0 Å². The van der Waals surface area contributed by atoms with Crippen LogP contribution in [0.5, 0.6) is 11.5 Å². The van der Waals surface area contributed by atoms with E-state index in [4.69, 9.17) is 18.9 Å². The van der Waals surface area contributed by atoms with E-state index in [1.807, 2.05) is 44.2 Å². The number of carbonyl (C=O) groups is 2. The van der Waals surface area contributed by atoms with Gasteiger partial charge in [-0.3, -0.25) is 0 Å². The number of ether oxygens (including phenoxy) is 4. The second kappa shape index (κ2) is 10.3. The SMILES string of the molecule is CC(C)(c1ccc(OCC2CO2)cc1)c1ccc(OCC2CO2)c(C=CC(=O)O)c1C=CC(=O)O. The molecule has 2 aromatic rings. The maximum atomic E-state index is 11.4. The standard InChI is InChI=1S/C27H28O8/c1-27(2,17-3-5-18(6-4-17)32-13-19-14-33-19)23-9-10-24(35-16-20-15-34-20)22(8-12-26(30)31)21(23)7-11-25(28)29/h3-12,19-20H,13-16H2,1-2H3,(H,28,29)(H,30,31). The molecule has 2 N–H and O–H groups in total. The van der Waals surface area contributed by atoms with Gasteiger partial charge < -0.3 is 29.2 Å². The average Bonchev–Trinajstić information content (AvgIpc) is 3.74. The largest absolute Gasteiger partial charge is 0.491 e. The molecule has 2 unspecified atom stereocenters. The van der Waals surface area contributed by atoms with E-state index in [1.54, 1.807) is 6.07 Å². The molecule has 2 atom stereocenters. The molecule has 35 heavy (non-hydrogen) atoms. The van der Waals surface area contributed by atoms with Gasteiger partial charge in [0.1, 0.15) is 36.9 Å². The molecule has 0 amide bonds. The number of hydrogen-bond donors (Lipinski definition) is 2. The molecular formula is C27H28O8. The summed E-state index contributed by atoms with van der Waals surface area (Å²) >= 11 is 0. The summed E-state index contributed by atoms with van der Waals surface area (Å²) in [6.45, 7) is 6.23. The van der Waals surface area contributed by atoms with Gasteiger partial charge >= 0.3 is 11.9 Å². The van der Waals surface area contributed by atoms with E-state index in [1.165, 1.54) is 12.2 Å². The molecule has 2 heterocycles. The first-order valence-electron chi connectivity index (χ1n) is 11.3. The quantitative estimate of drug-likeness (QED) is 0.348. The topological polar surface area (TPSA) is 118 Å². The first kappa shape index (κ1) is 24.5. The number of benzene rings is 2. The Balaban J connectivity index is 1.73. The van der Waals surface area contributed by atoms with Crippen molar-refractivity contribution in [3.63, 3.8) is 0 Å². The summed E-state index contributed by atoms with van der Waals surface area (Å²) in [7, 11) is 0. The Morgan fingerprint density at radius 3 is 1.97 bits per heavy atom. The molecular weight excluding hydrogens is 452 g/mol. The van der Waals surface area contributed by atoms with Crippen LogP contribution >= 0.6 is 0 Å². The number of aliphatic carboxylic acids is 2. The molecule has 0 spiro atoms. The number of rotatable bonds is 12. The Morgan fingerprint density at radius 1 is 0.886 bits per heavy atom. The zero-order valence-electron chi connectivity index (χ0n) is 19.6. The fraction of sp³-hybridized carbons (Fsp3) is 0.333. The molecule has 2 aliphatic heterocycles. The van der Waals surface area contributed by atoms with Gasteiger partial charge in [0.15, 0.2) is 0 Å². The minimum atomic E-state index is -1.12. The van der Waals surface area contributed by atoms with Crippen LogP contribution in [-0.2, 0) is 24.5 Å². The van der Waals surface area contributed by atoms with Crippen LogP contribution in [0.25, 0.3) is 12.2 Å². The van der Waals surface area contributed by atoms with Crippen molar-refractivity contribution in [3.05, 3.63) is 70.8 Å².